The van der Waals surface area contributed by atoms with Crippen molar-refractivity contribution in [2.24, 2.45) is 5.41 Å². The van der Waals surface area contributed by atoms with Crippen molar-refractivity contribution >= 4 is 30.2 Å². The smallest absolute Gasteiger partial charge is 0.341 e. The molecule has 1 aliphatic heterocycles. The van der Waals surface area contributed by atoms with Crippen LogP contribution in [0.25, 0.3) is 11.4 Å². The van der Waals surface area contributed by atoms with Gasteiger partial charge in [0, 0.05) is 38.3 Å². The van der Waals surface area contributed by atoms with Crippen molar-refractivity contribution in [1.29, 1.82) is 0 Å². The van der Waals surface area contributed by atoms with Gasteiger partial charge in [-0.1, -0.05) is 32.4 Å². The van der Waals surface area contributed by atoms with Crippen LogP contribution in [0, 0.1) is 12.3 Å². The van der Waals surface area contributed by atoms with E-state index in [1.807, 2.05) is 31.4 Å². The van der Waals surface area contributed by atoms with Gasteiger partial charge < -0.3 is 19.1 Å². The molecule has 1 atom stereocenters. The number of methoxy groups -OCH3 is 1. The number of ether oxygens (including phenoxy) is 2. The molecule has 31 heavy (non-hydrogen) atoms. The van der Waals surface area contributed by atoms with Gasteiger partial charge in [0.15, 0.2) is 16.3 Å². The highest BCUT2D eigenvalue weighted by atomic mass is 35.5. The molecule has 2 aromatic rings. The molecule has 1 aliphatic rings. The predicted octanol–water partition coefficient (Wildman–Crippen LogP) is 4.17. The highest BCUT2D eigenvalue weighted by Crippen LogP contribution is 2.50. The van der Waals surface area contributed by atoms with Gasteiger partial charge in [-0.05, 0) is 24.0 Å². The van der Waals surface area contributed by atoms with Crippen LogP contribution in [0.3, 0.4) is 0 Å². The molecule has 168 valence electrons. The van der Waals surface area contributed by atoms with Gasteiger partial charge in [0.1, 0.15) is 5.56 Å². The quantitative estimate of drug-likeness (QED) is 0.377. The summed E-state index contributed by atoms with van der Waals surface area (Å²) in [5.41, 5.74) is 0.954. The van der Waals surface area contributed by atoms with Gasteiger partial charge in [-0.15, -0.1) is 0 Å². The van der Waals surface area contributed by atoms with E-state index in [2.05, 4.69) is 4.98 Å². The summed E-state index contributed by atoms with van der Waals surface area (Å²) in [6.07, 6.45) is 1.15. The van der Waals surface area contributed by atoms with E-state index in [1.54, 1.807) is 14.0 Å². The maximum atomic E-state index is 12.7. The largest absolute Gasteiger partial charge is 0.490 e. The minimum absolute atomic E-state index is 0.178. The summed E-state index contributed by atoms with van der Waals surface area (Å²) in [7, 11) is 1.63. The summed E-state index contributed by atoms with van der Waals surface area (Å²) in [4.78, 5) is 28.1. The number of carbonyl (C=O) groups is 1. The van der Waals surface area contributed by atoms with E-state index in [9.17, 15) is 14.7 Å². The molecule has 0 aliphatic carbocycles. The Labute approximate surface area is 191 Å². The summed E-state index contributed by atoms with van der Waals surface area (Å²) in [5, 5.41) is 9.80. The molecule has 0 fully saturated rings. The number of aromatic nitrogens is 2. The third-order valence-corrected chi connectivity index (χ3v) is 6.99. The average molecular weight is 467 g/mol. The molecule has 0 saturated heterocycles. The van der Waals surface area contributed by atoms with Crippen LogP contribution in [-0.2, 0) is 16.0 Å². The molecule has 0 amide bonds. The highest BCUT2D eigenvalue weighted by Gasteiger charge is 2.46. The van der Waals surface area contributed by atoms with Gasteiger partial charge in [0.05, 0.1) is 22.9 Å². The lowest BCUT2D eigenvalue weighted by molar-refractivity contribution is 0.0692. The maximum Gasteiger partial charge on any atom is 0.341 e. The number of hydrogen-bond donors (Lipinski definition) is 2. The number of aromatic carboxylic acids is 1. The number of carboxylic acid groups (broad SMARTS) is 1. The molecule has 0 aromatic carbocycles. The number of pyridine rings is 2. The Morgan fingerprint density at radius 2 is 2.03 bits per heavy atom. The number of hydrogen-bond acceptors (Lipinski definition) is 6. The van der Waals surface area contributed by atoms with Gasteiger partial charge >= 0.3 is 5.97 Å². The van der Waals surface area contributed by atoms with E-state index in [0.29, 0.717) is 48.9 Å². The fourth-order valence-electron chi connectivity index (χ4n) is 3.94. The summed E-state index contributed by atoms with van der Waals surface area (Å²) < 4.78 is 12.7. The lowest BCUT2D eigenvalue weighted by Crippen LogP contribution is -2.47. The zero-order valence-corrected chi connectivity index (χ0v) is 19.9. The number of carboxylic acids is 1. The molecule has 3 rings (SSSR count). The van der Waals surface area contributed by atoms with Crippen molar-refractivity contribution in [3.05, 3.63) is 44.3 Å². The van der Waals surface area contributed by atoms with Gasteiger partial charge in [-0.25, -0.2) is 9.78 Å². The first-order valence-electron chi connectivity index (χ1n) is 9.96. The molecule has 1 N–H and O–H groups in total. The van der Waals surface area contributed by atoms with Crippen LogP contribution in [-0.4, -0.2) is 41.0 Å². The van der Waals surface area contributed by atoms with E-state index in [1.165, 1.54) is 6.07 Å². The zero-order chi connectivity index (χ0) is 23.1. The van der Waals surface area contributed by atoms with Crippen LogP contribution in [0.15, 0.2) is 16.9 Å². The van der Waals surface area contributed by atoms with Gasteiger partial charge in [-0.2, -0.15) is 12.6 Å². The lowest BCUT2D eigenvalue weighted by Gasteiger charge is -2.48. The number of halogens is 1. The number of nitrogens with zero attached hydrogens (tertiary/aromatic N) is 2. The van der Waals surface area contributed by atoms with Crippen molar-refractivity contribution in [2.45, 2.75) is 45.4 Å². The molecule has 0 saturated carbocycles. The first-order chi connectivity index (χ1) is 14.4. The minimum atomic E-state index is -1.26. The molecular weight excluding hydrogens is 440 g/mol. The van der Waals surface area contributed by atoms with Crippen LogP contribution in [0.4, 0.5) is 0 Å². The van der Waals surface area contributed by atoms with Crippen LogP contribution in [0.2, 0.25) is 5.15 Å². The minimum Gasteiger partial charge on any atom is -0.490 e. The second-order valence-corrected chi connectivity index (χ2v) is 9.82. The highest BCUT2D eigenvalue weighted by molar-refractivity contribution is 7.81. The Balaban J connectivity index is 2.24. The molecule has 0 bridgehead atoms. The molecule has 0 unspecified atom stereocenters. The third-order valence-electron chi connectivity index (χ3n) is 5.69. The fourth-order valence-corrected chi connectivity index (χ4v) is 4.56. The Kier molecular flexibility index (Phi) is 6.47. The van der Waals surface area contributed by atoms with Crippen molar-refractivity contribution < 1.29 is 19.4 Å². The Morgan fingerprint density at radius 3 is 2.61 bits per heavy atom. The SMILES string of the molecule is COCCCOc1cc2c(nc1Cl)-c1cc(=O)c(C(=O)O)c(C)n1[C@@](S)(C(C)(C)C)C2. The number of rotatable bonds is 6. The van der Waals surface area contributed by atoms with Crippen LogP contribution in [0.5, 0.6) is 5.75 Å². The van der Waals surface area contributed by atoms with E-state index in [0.717, 1.165) is 5.56 Å². The van der Waals surface area contributed by atoms with Gasteiger partial charge in [0.25, 0.3) is 0 Å². The van der Waals surface area contributed by atoms with E-state index in [4.69, 9.17) is 33.7 Å². The Morgan fingerprint density at radius 1 is 1.35 bits per heavy atom. The predicted molar refractivity (Wildman–Crippen MR) is 123 cm³/mol. The van der Waals surface area contributed by atoms with E-state index < -0.39 is 21.7 Å². The molecule has 7 nitrogen and oxygen atoms in total. The van der Waals surface area contributed by atoms with Crippen molar-refractivity contribution in [1.82, 2.24) is 9.55 Å². The standard InChI is InChI=1S/C22H27ClN2O5S/c1-12-17(20(27)28)15(26)10-14-18-13(11-22(31,25(12)14)21(2,3)4)9-16(19(23)24-18)30-8-6-7-29-5/h9-10,31H,6-8,11H2,1-5H3,(H,27,28)/t22-/m0/s1. The summed E-state index contributed by atoms with van der Waals surface area (Å²) in [6.45, 7) is 8.71. The van der Waals surface area contributed by atoms with Crippen molar-refractivity contribution in [3.63, 3.8) is 0 Å². The molecular formula is C22H27ClN2O5S. The van der Waals surface area contributed by atoms with Crippen LogP contribution < -0.4 is 10.2 Å². The molecule has 0 radical (unpaired) electrons. The topological polar surface area (TPSA) is 90.7 Å². The fraction of sp³-hybridized carbons (Fsp3) is 0.500. The Hall–Kier alpha value is -2.03. The van der Waals surface area contributed by atoms with E-state index in [-0.39, 0.29) is 10.7 Å². The van der Waals surface area contributed by atoms with Crippen LogP contribution in [0.1, 0.15) is 48.8 Å². The second kappa shape index (κ2) is 8.48. The molecule has 0 spiro atoms. The molecule has 3 heterocycles. The summed E-state index contributed by atoms with van der Waals surface area (Å²) >= 11 is 11.5. The normalized spacial score (nSPS) is 17.8. The van der Waals surface area contributed by atoms with E-state index >= 15 is 0 Å². The summed E-state index contributed by atoms with van der Waals surface area (Å²) in [5.74, 6) is -0.810. The molecule has 9 heteroatoms. The first-order valence-corrected chi connectivity index (χ1v) is 10.8. The van der Waals surface area contributed by atoms with Crippen molar-refractivity contribution in [2.75, 3.05) is 20.3 Å². The lowest BCUT2D eigenvalue weighted by atomic mass is 9.78. The second-order valence-electron chi connectivity index (χ2n) is 8.72. The van der Waals surface area contributed by atoms with Crippen LogP contribution >= 0.6 is 24.2 Å². The monoisotopic (exact) mass is 466 g/mol. The van der Waals surface area contributed by atoms with Crippen molar-refractivity contribution in [3.8, 4) is 17.1 Å². The number of fused-ring (bicyclic) bond motifs is 3. The maximum absolute atomic E-state index is 12.7. The Bertz CT molecular complexity index is 1090. The van der Waals surface area contributed by atoms with Gasteiger partial charge in [-0.3, -0.25) is 4.79 Å². The van der Waals surface area contributed by atoms with Gasteiger partial charge in [0.2, 0.25) is 0 Å². The molecule has 2 aromatic heterocycles. The third kappa shape index (κ3) is 4.08. The first kappa shape index (κ1) is 23.6. The zero-order valence-electron chi connectivity index (χ0n) is 18.3. The summed E-state index contributed by atoms with van der Waals surface area (Å²) in [6, 6.07) is 3.15. The average Bonchev–Trinajstić information content (AvgIpc) is 2.64. The number of thiol groups is 1.